The molecule has 0 N–H and O–H groups in total. The molecule has 0 saturated heterocycles. The summed E-state index contributed by atoms with van der Waals surface area (Å²) in [5.41, 5.74) is -1.30. The molecule has 0 aliphatic rings. The van der Waals surface area contributed by atoms with Crippen LogP contribution in [0.25, 0.3) is 0 Å². The molecule has 0 radical (unpaired) electrons. The van der Waals surface area contributed by atoms with Crippen molar-refractivity contribution >= 4 is 17.9 Å². The van der Waals surface area contributed by atoms with Crippen LogP contribution in [-0.2, 0) is 25.2 Å². The van der Waals surface area contributed by atoms with Gasteiger partial charge in [0.1, 0.15) is 24.5 Å². The second kappa shape index (κ2) is 8.32. The van der Waals surface area contributed by atoms with Crippen LogP contribution < -0.4 is 4.74 Å². The van der Waals surface area contributed by atoms with E-state index in [2.05, 4.69) is 11.3 Å². The second-order valence-corrected chi connectivity index (χ2v) is 4.85. The molecular formula is C16H15F3O6. The van der Waals surface area contributed by atoms with Gasteiger partial charge in [0, 0.05) is 12.5 Å². The zero-order valence-electron chi connectivity index (χ0n) is 13.4. The Morgan fingerprint density at radius 2 is 1.68 bits per heavy atom. The summed E-state index contributed by atoms with van der Waals surface area (Å²) >= 11 is 0. The summed E-state index contributed by atoms with van der Waals surface area (Å²) in [6, 6.07) is 2.02. The van der Waals surface area contributed by atoms with Crippen LogP contribution in [0.15, 0.2) is 30.4 Å². The Kier molecular flexibility index (Phi) is 6.72. The predicted octanol–water partition coefficient (Wildman–Crippen LogP) is 2.91. The lowest BCUT2D eigenvalue weighted by atomic mass is 10.1. The van der Waals surface area contributed by atoms with E-state index in [1.165, 1.54) is 6.92 Å². The smallest absolute Gasteiger partial charge is 0.416 e. The molecule has 0 saturated carbocycles. The minimum Gasteiger partial charge on any atom is -0.459 e. The Hall–Kier alpha value is -2.84. The first kappa shape index (κ1) is 20.2. The second-order valence-electron chi connectivity index (χ2n) is 4.85. The molecule has 1 rings (SSSR count). The highest BCUT2D eigenvalue weighted by Crippen LogP contribution is 2.33. The number of rotatable bonds is 6. The van der Waals surface area contributed by atoms with Crippen molar-refractivity contribution in [3.8, 4) is 5.75 Å². The molecule has 0 atom stereocenters. The summed E-state index contributed by atoms with van der Waals surface area (Å²) in [5, 5.41) is 0. The van der Waals surface area contributed by atoms with Crippen LogP contribution in [0.5, 0.6) is 5.75 Å². The molecule has 6 nitrogen and oxygen atoms in total. The maximum absolute atomic E-state index is 12.7. The number of carbonyl (C=O) groups excluding carboxylic acids is 3. The number of esters is 3. The van der Waals surface area contributed by atoms with Gasteiger partial charge in [-0.1, -0.05) is 6.58 Å². The number of carbonyl (C=O) groups is 3. The minimum absolute atomic E-state index is 0.159. The van der Waals surface area contributed by atoms with Gasteiger partial charge in [0.05, 0.1) is 5.56 Å². The number of halogens is 3. The minimum atomic E-state index is -4.67. The zero-order chi connectivity index (χ0) is 19.2. The van der Waals surface area contributed by atoms with Crippen molar-refractivity contribution < 1.29 is 41.8 Å². The van der Waals surface area contributed by atoms with E-state index in [4.69, 9.17) is 9.47 Å². The topological polar surface area (TPSA) is 78.9 Å². The van der Waals surface area contributed by atoms with Crippen LogP contribution in [0.3, 0.4) is 0 Å². The van der Waals surface area contributed by atoms with Gasteiger partial charge in [-0.05, 0) is 25.1 Å². The van der Waals surface area contributed by atoms with Crippen molar-refractivity contribution in [2.45, 2.75) is 20.0 Å². The maximum Gasteiger partial charge on any atom is 0.416 e. The van der Waals surface area contributed by atoms with Crippen LogP contribution in [0.1, 0.15) is 29.8 Å². The highest BCUT2D eigenvalue weighted by Gasteiger charge is 2.32. The standard InChI is InChI=1S/C16H15F3O6/c1-9(2)14(21)23-6-7-24-15(22)12-5-4-11(16(17,18)19)8-13(12)25-10(3)20/h4-5,8H,1,6-7H2,2-3H3. The molecule has 9 heteroatoms. The molecule has 0 heterocycles. The van der Waals surface area contributed by atoms with Gasteiger partial charge in [-0.15, -0.1) is 0 Å². The molecule has 0 aromatic heterocycles. The molecule has 0 unspecified atom stereocenters. The molecular weight excluding hydrogens is 345 g/mol. The number of benzene rings is 1. The highest BCUT2D eigenvalue weighted by molar-refractivity contribution is 5.93. The summed E-state index contributed by atoms with van der Waals surface area (Å²) < 4.78 is 52.3. The van der Waals surface area contributed by atoms with E-state index in [-0.39, 0.29) is 24.4 Å². The van der Waals surface area contributed by atoms with E-state index in [1.807, 2.05) is 0 Å². The largest absolute Gasteiger partial charge is 0.459 e. The van der Waals surface area contributed by atoms with E-state index in [0.29, 0.717) is 12.1 Å². The first-order valence-electron chi connectivity index (χ1n) is 6.91. The molecule has 0 amide bonds. The Morgan fingerprint density at radius 1 is 1.08 bits per heavy atom. The lowest BCUT2D eigenvalue weighted by Crippen LogP contribution is -2.16. The highest BCUT2D eigenvalue weighted by atomic mass is 19.4. The van der Waals surface area contributed by atoms with Crippen LogP contribution in [0.2, 0.25) is 0 Å². The molecule has 0 aliphatic carbocycles. The van der Waals surface area contributed by atoms with Gasteiger partial charge in [-0.3, -0.25) is 4.79 Å². The van der Waals surface area contributed by atoms with Crippen LogP contribution in [0, 0.1) is 0 Å². The van der Waals surface area contributed by atoms with Gasteiger partial charge in [-0.2, -0.15) is 13.2 Å². The lowest BCUT2D eigenvalue weighted by molar-refractivity contribution is -0.140. The van der Waals surface area contributed by atoms with Gasteiger partial charge in [0.25, 0.3) is 0 Å². The fourth-order valence-corrected chi connectivity index (χ4v) is 1.58. The monoisotopic (exact) mass is 360 g/mol. The average molecular weight is 360 g/mol. The van der Waals surface area contributed by atoms with E-state index < -0.39 is 35.4 Å². The van der Waals surface area contributed by atoms with Gasteiger partial charge in [0.2, 0.25) is 0 Å². The Bertz CT molecular complexity index is 694. The van der Waals surface area contributed by atoms with Crippen LogP contribution in [-0.4, -0.2) is 31.1 Å². The van der Waals surface area contributed by atoms with E-state index in [0.717, 1.165) is 13.0 Å². The van der Waals surface area contributed by atoms with Gasteiger partial charge >= 0.3 is 24.1 Å². The maximum atomic E-state index is 12.7. The third kappa shape index (κ3) is 6.28. The van der Waals surface area contributed by atoms with Crippen LogP contribution >= 0.6 is 0 Å². The molecule has 1 aromatic carbocycles. The molecule has 0 spiro atoms. The van der Waals surface area contributed by atoms with E-state index >= 15 is 0 Å². The van der Waals surface area contributed by atoms with Crippen molar-refractivity contribution in [2.75, 3.05) is 13.2 Å². The van der Waals surface area contributed by atoms with Crippen LogP contribution in [0.4, 0.5) is 13.2 Å². The summed E-state index contributed by atoms with van der Waals surface area (Å²) in [6.07, 6.45) is -4.67. The van der Waals surface area contributed by atoms with Crippen molar-refractivity contribution in [2.24, 2.45) is 0 Å². The van der Waals surface area contributed by atoms with Gasteiger partial charge < -0.3 is 14.2 Å². The first-order valence-corrected chi connectivity index (χ1v) is 6.91. The lowest BCUT2D eigenvalue weighted by Gasteiger charge is -2.12. The third-order valence-corrected chi connectivity index (χ3v) is 2.68. The van der Waals surface area contributed by atoms with Crippen molar-refractivity contribution in [1.29, 1.82) is 0 Å². The Balaban J connectivity index is 2.84. The summed E-state index contributed by atoms with van der Waals surface area (Å²) in [4.78, 5) is 34.1. The molecule has 0 fully saturated rings. The van der Waals surface area contributed by atoms with Crippen molar-refractivity contribution in [3.05, 3.63) is 41.5 Å². The SMILES string of the molecule is C=C(C)C(=O)OCCOC(=O)c1ccc(C(F)(F)F)cc1OC(C)=O. The normalized spacial score (nSPS) is 10.8. The number of ether oxygens (including phenoxy) is 3. The van der Waals surface area contributed by atoms with Crippen molar-refractivity contribution in [1.82, 2.24) is 0 Å². The molecule has 0 aliphatic heterocycles. The third-order valence-electron chi connectivity index (χ3n) is 2.68. The molecule has 136 valence electrons. The molecule has 1 aromatic rings. The van der Waals surface area contributed by atoms with Gasteiger partial charge in [0.15, 0.2) is 0 Å². The molecule has 25 heavy (non-hydrogen) atoms. The molecule has 0 bridgehead atoms. The fourth-order valence-electron chi connectivity index (χ4n) is 1.58. The number of hydrogen-bond acceptors (Lipinski definition) is 6. The van der Waals surface area contributed by atoms with Gasteiger partial charge in [-0.25, -0.2) is 9.59 Å². The summed E-state index contributed by atoms with van der Waals surface area (Å²) in [7, 11) is 0. The number of alkyl halides is 3. The predicted molar refractivity (Wildman–Crippen MR) is 78.8 cm³/mol. The Labute approximate surface area is 141 Å². The summed E-state index contributed by atoms with van der Waals surface area (Å²) in [5.74, 6) is -3.18. The quantitative estimate of drug-likeness (QED) is 0.336. The fraction of sp³-hybridized carbons (Fsp3) is 0.312. The zero-order valence-corrected chi connectivity index (χ0v) is 13.4. The first-order chi connectivity index (χ1) is 11.5. The number of hydrogen-bond donors (Lipinski definition) is 0. The Morgan fingerprint density at radius 3 is 2.20 bits per heavy atom. The van der Waals surface area contributed by atoms with Crippen molar-refractivity contribution in [3.63, 3.8) is 0 Å². The van der Waals surface area contributed by atoms with E-state index in [9.17, 15) is 27.6 Å². The van der Waals surface area contributed by atoms with E-state index in [1.54, 1.807) is 0 Å². The average Bonchev–Trinajstić information content (AvgIpc) is 2.49. The summed E-state index contributed by atoms with van der Waals surface area (Å²) in [6.45, 7) is 5.17.